The molecular weight excluding hydrogens is 728 g/mol. The third-order valence-corrected chi connectivity index (χ3v) is 14.1. The van der Waals surface area contributed by atoms with Crippen LogP contribution in [0.4, 0.5) is 17.1 Å². The van der Waals surface area contributed by atoms with E-state index in [0.717, 1.165) is 28.0 Å². The molecule has 0 saturated heterocycles. The third-order valence-electron chi connectivity index (χ3n) is 8.13. The highest BCUT2D eigenvalue weighted by Crippen LogP contribution is 2.47. The monoisotopic (exact) mass is 762 g/mol. The predicted octanol–water partition coefficient (Wildman–Crippen LogP) is 9.71. The molecule has 7 rings (SSSR count). The van der Waals surface area contributed by atoms with E-state index >= 15 is 0 Å². The molecule has 0 aliphatic carbocycles. The number of nitrogens with zero attached hydrogens (tertiary/aromatic N) is 6. The highest BCUT2D eigenvalue weighted by Gasteiger charge is 2.28. The molecule has 0 amide bonds. The van der Waals surface area contributed by atoms with Crippen LogP contribution in [0, 0.1) is 25.8 Å². The molecule has 0 radical (unpaired) electrons. The average Bonchev–Trinajstić information content (AvgIpc) is 3.25. The Morgan fingerprint density at radius 3 is 1.16 bits per heavy atom. The zero-order valence-corrected chi connectivity index (χ0v) is 31.1. The van der Waals surface area contributed by atoms with Crippen LogP contribution in [-0.4, -0.2) is 9.85 Å². The second-order valence-corrected chi connectivity index (χ2v) is 16.7. The lowest BCUT2D eigenvalue weighted by molar-refractivity contribution is -0.393. The Balaban J connectivity index is 0.000000232. The molecule has 0 bridgehead atoms. The van der Waals surface area contributed by atoms with Crippen LogP contribution in [0.15, 0.2) is 215 Å². The third kappa shape index (κ3) is 9.80. The first kappa shape index (κ1) is 39.4. The van der Waals surface area contributed by atoms with E-state index in [1.807, 2.05) is 91.0 Å². The first-order chi connectivity index (χ1) is 27.0. The van der Waals surface area contributed by atoms with Crippen LogP contribution in [-0.2, 0) is 0 Å². The summed E-state index contributed by atoms with van der Waals surface area (Å²) < 4.78 is 0. The number of hydrogen-bond acceptors (Lipinski definition) is 6. The smallest absolute Gasteiger partial charge is 0.303 e. The van der Waals surface area contributed by atoms with Gasteiger partial charge < -0.3 is 11.1 Å². The average molecular weight is 763 g/mol. The number of nitrogens with one attached hydrogen (secondary N) is 1. The van der Waals surface area contributed by atoms with Crippen LogP contribution in [0.1, 0.15) is 0 Å². The van der Waals surface area contributed by atoms with E-state index in [4.69, 9.17) is 15.9 Å². The predicted molar refractivity (Wildman–Crippen MR) is 223 cm³/mol. The molecule has 0 aliphatic heterocycles. The Kier molecular flexibility index (Phi) is 14.2. The summed E-state index contributed by atoms with van der Waals surface area (Å²) in [5.41, 5.74) is 9.96. The van der Waals surface area contributed by atoms with Gasteiger partial charge in [0.2, 0.25) is 0 Å². The van der Waals surface area contributed by atoms with Crippen molar-refractivity contribution in [1.82, 2.24) is 0 Å². The fraction of sp³-hybridized carbons (Fsp3) is 0. The van der Waals surface area contributed by atoms with Gasteiger partial charge in [0.05, 0.1) is 23.0 Å². The van der Waals surface area contributed by atoms with Gasteiger partial charge in [0.15, 0.2) is 5.69 Å². The molecule has 0 aliphatic rings. The minimum absolute atomic E-state index is 0.119. The Labute approximate surface area is 319 Å². The maximum atomic E-state index is 11.5. The second-order valence-electron chi connectivity index (χ2n) is 11.5. The second kappa shape index (κ2) is 19.9. The lowest BCUT2D eigenvalue weighted by Gasteiger charge is -2.24. The molecule has 11 nitrogen and oxygen atoms in total. The summed E-state index contributed by atoms with van der Waals surface area (Å²) in [6, 6.07) is 64.6. The van der Waals surface area contributed by atoms with Crippen molar-refractivity contribution < 1.29 is 9.85 Å². The highest BCUT2D eigenvalue weighted by molar-refractivity contribution is 7.87. The number of hydrogen-bond donors (Lipinski definition) is 1. The van der Waals surface area contributed by atoms with E-state index in [0.29, 0.717) is 0 Å². The quantitative estimate of drug-likeness (QED) is 0.0634. The maximum Gasteiger partial charge on any atom is 0.303 e. The molecule has 0 heterocycles. The molecule has 7 aromatic carbocycles. The first-order valence-corrected chi connectivity index (χ1v) is 19.9. The Hall–Kier alpha value is -6.80. The zero-order valence-electron chi connectivity index (χ0n) is 29.3. The summed E-state index contributed by atoms with van der Waals surface area (Å²) in [5, 5.41) is 37.6. The van der Waals surface area contributed by atoms with Crippen LogP contribution in [0.25, 0.3) is 5.53 Å². The van der Waals surface area contributed by atoms with Crippen LogP contribution in [0.2, 0.25) is 0 Å². The fourth-order valence-electron chi connectivity index (χ4n) is 5.70. The Morgan fingerprint density at radius 2 is 0.836 bits per heavy atom. The molecule has 0 atom stereocenters. The van der Waals surface area contributed by atoms with Crippen molar-refractivity contribution in [2.24, 2.45) is 15.2 Å². The van der Waals surface area contributed by atoms with Gasteiger partial charge in [0, 0.05) is 22.0 Å². The van der Waals surface area contributed by atoms with Crippen molar-refractivity contribution in [3.05, 3.63) is 226 Å². The van der Waals surface area contributed by atoms with Crippen molar-refractivity contribution in [2.75, 3.05) is 0 Å². The molecule has 0 aromatic heterocycles. The van der Waals surface area contributed by atoms with Crippen molar-refractivity contribution in [1.29, 1.82) is 5.53 Å². The molecule has 55 heavy (non-hydrogen) atoms. The molecular formula is C42H34N7O4P2-. The van der Waals surface area contributed by atoms with Gasteiger partial charge in [-0.25, -0.2) is 0 Å². The minimum Gasteiger partial charge on any atom is -0.715 e. The Bertz CT molecular complexity index is 2180. The van der Waals surface area contributed by atoms with Gasteiger partial charge in [0.25, 0.3) is 5.69 Å². The van der Waals surface area contributed by atoms with Gasteiger partial charge in [-0.1, -0.05) is 182 Å². The summed E-state index contributed by atoms with van der Waals surface area (Å²) >= 11 is 0. The molecule has 0 spiro atoms. The van der Waals surface area contributed by atoms with Gasteiger partial charge in [-0.2, -0.15) is 0 Å². The van der Waals surface area contributed by atoms with Crippen LogP contribution >= 0.6 is 15.0 Å². The van der Waals surface area contributed by atoms with Crippen molar-refractivity contribution in [3.8, 4) is 0 Å². The SMILES string of the molecule is O=[N+]([O-])c1ccc(N=NN=P(c2ccccc2)(c2ccccc2)c2ccccc2)c([N+](=O)[O-])c1.[N-]=N.c1ccc(P(c2ccccc2)c2ccccc2)cc1. The fourth-order valence-corrected chi connectivity index (χ4v) is 11.2. The lowest BCUT2D eigenvalue weighted by atomic mass is 10.2. The van der Waals surface area contributed by atoms with Crippen molar-refractivity contribution in [2.45, 2.75) is 0 Å². The number of nitro groups is 2. The van der Waals surface area contributed by atoms with E-state index in [9.17, 15) is 20.2 Å². The van der Waals surface area contributed by atoms with Gasteiger partial charge in [-0.15, -0.1) is 9.97 Å². The summed E-state index contributed by atoms with van der Waals surface area (Å²) in [6.07, 6.45) is 0. The number of benzene rings is 7. The van der Waals surface area contributed by atoms with Crippen molar-refractivity contribution >= 4 is 63.9 Å². The number of rotatable bonds is 10. The van der Waals surface area contributed by atoms with Gasteiger partial charge in [-0.05, 0) is 35.1 Å². The maximum absolute atomic E-state index is 11.5. The molecule has 7 aromatic rings. The molecule has 13 heteroatoms. The first-order valence-electron chi connectivity index (χ1n) is 16.8. The van der Waals surface area contributed by atoms with Gasteiger partial charge >= 0.3 is 5.69 Å². The van der Waals surface area contributed by atoms with Crippen LogP contribution in [0.5, 0.6) is 0 Å². The summed E-state index contributed by atoms with van der Waals surface area (Å²) in [5.74, 6) is 0. The lowest BCUT2D eigenvalue weighted by Crippen LogP contribution is -2.25. The standard InChI is InChI=1S/C24H18N5O4P.C18H15P.HN2/c30-28(31)19-16-17-23(24(18-19)29(32)33)25-26-27-34(20-10-4-1-5-11-20,21-12-6-2-7-13-21)22-14-8-3-9-15-22;1-4-10-16(11-5-1)19(17-12-6-2-7-13-17)18-14-8-3-9-15-18;1-2/h1-18H;1-15H;1H/q;;-1. The van der Waals surface area contributed by atoms with E-state index < -0.39 is 36.2 Å². The van der Waals surface area contributed by atoms with E-state index in [2.05, 4.69) is 101 Å². The summed E-state index contributed by atoms with van der Waals surface area (Å²) in [4.78, 5) is 25.8. The largest absolute Gasteiger partial charge is 0.715 e. The Morgan fingerprint density at radius 1 is 0.491 bits per heavy atom. The topological polar surface area (TPSA) is 170 Å². The van der Waals surface area contributed by atoms with Crippen LogP contribution < -0.4 is 31.8 Å². The minimum atomic E-state index is -2.67. The zero-order chi connectivity index (χ0) is 38.9. The molecule has 1 N–H and O–H groups in total. The molecule has 0 fully saturated rings. The van der Waals surface area contributed by atoms with Gasteiger partial charge in [-0.3, -0.25) is 20.2 Å². The van der Waals surface area contributed by atoms with Gasteiger partial charge in [0.1, 0.15) is 0 Å². The molecule has 272 valence electrons. The van der Waals surface area contributed by atoms with E-state index in [1.165, 1.54) is 22.0 Å². The summed E-state index contributed by atoms with van der Waals surface area (Å²) in [7, 11) is -3.11. The normalized spacial score (nSPS) is 10.7. The van der Waals surface area contributed by atoms with E-state index in [1.54, 1.807) is 0 Å². The number of nitro benzene ring substituents is 2. The molecule has 0 saturated carbocycles. The van der Waals surface area contributed by atoms with Crippen LogP contribution in [0.3, 0.4) is 0 Å². The number of non-ortho nitro benzene ring substituents is 1. The molecule has 0 unspecified atom stereocenters. The highest BCUT2D eigenvalue weighted by atomic mass is 31.2. The summed E-state index contributed by atoms with van der Waals surface area (Å²) in [6.45, 7) is 0. The van der Waals surface area contributed by atoms with E-state index in [-0.39, 0.29) is 5.69 Å². The van der Waals surface area contributed by atoms with Crippen molar-refractivity contribution in [3.63, 3.8) is 0 Å².